The Balaban J connectivity index is 0. The minimum atomic E-state index is 0. The summed E-state index contributed by atoms with van der Waals surface area (Å²) < 4.78 is 0. The molecular weight excluding hydrogens is 225 g/mol. The van der Waals surface area contributed by atoms with E-state index in [9.17, 15) is 0 Å². The molecule has 0 amide bonds. The summed E-state index contributed by atoms with van der Waals surface area (Å²) in [6, 6.07) is 0. The molecule has 6 heteroatoms. The van der Waals surface area contributed by atoms with Crippen LogP contribution in [0.2, 0.25) is 0 Å². The normalized spacial score (nSPS) is 9.86. The van der Waals surface area contributed by atoms with Crippen LogP contribution >= 0.6 is 0 Å². The molecule has 0 aliphatic carbocycles. The summed E-state index contributed by atoms with van der Waals surface area (Å²) in [5, 5.41) is 9.71. The van der Waals surface area contributed by atoms with Gasteiger partial charge in [0.2, 0.25) is 0 Å². The average molecular weight is 248 g/mol. The SMILES string of the molecule is NCCNCCNCCNCCN.[Ni]. The van der Waals surface area contributed by atoms with E-state index in [1.807, 2.05) is 0 Å². The van der Waals surface area contributed by atoms with Crippen molar-refractivity contribution in [1.82, 2.24) is 16.0 Å². The van der Waals surface area contributed by atoms with Crippen LogP contribution in [0.5, 0.6) is 0 Å². The fraction of sp³-hybridized carbons (Fsp3) is 1.00. The van der Waals surface area contributed by atoms with Gasteiger partial charge < -0.3 is 27.4 Å². The first-order chi connectivity index (χ1) is 6.41. The zero-order valence-corrected chi connectivity index (χ0v) is 9.62. The van der Waals surface area contributed by atoms with E-state index in [0.29, 0.717) is 13.1 Å². The molecule has 0 radical (unpaired) electrons. The van der Waals surface area contributed by atoms with E-state index in [2.05, 4.69) is 16.0 Å². The standard InChI is InChI=1S/C8H23N5.Ni/c9-1-3-11-5-7-13-8-6-12-4-2-10;/h11-13H,1-10H2;. The average Bonchev–Trinajstić information content (AvgIpc) is 2.16. The fourth-order valence-electron chi connectivity index (χ4n) is 0.933. The van der Waals surface area contributed by atoms with Crippen LogP contribution < -0.4 is 27.4 Å². The van der Waals surface area contributed by atoms with Gasteiger partial charge in [0.15, 0.2) is 0 Å². The van der Waals surface area contributed by atoms with Crippen molar-refractivity contribution >= 4 is 0 Å². The van der Waals surface area contributed by atoms with Crippen LogP contribution in [-0.2, 0) is 16.5 Å². The van der Waals surface area contributed by atoms with Gasteiger partial charge in [0.1, 0.15) is 0 Å². The molecule has 0 fully saturated rings. The van der Waals surface area contributed by atoms with E-state index in [1.54, 1.807) is 0 Å². The third-order valence-corrected chi connectivity index (χ3v) is 1.60. The Morgan fingerprint density at radius 2 is 0.857 bits per heavy atom. The molecule has 0 saturated carbocycles. The molecule has 5 nitrogen and oxygen atoms in total. The van der Waals surface area contributed by atoms with Crippen LogP contribution in [0.25, 0.3) is 0 Å². The third-order valence-electron chi connectivity index (χ3n) is 1.60. The minimum absolute atomic E-state index is 0. The molecule has 0 saturated heterocycles. The van der Waals surface area contributed by atoms with Gasteiger partial charge >= 0.3 is 0 Å². The second-order valence-corrected chi connectivity index (χ2v) is 2.83. The maximum absolute atomic E-state index is 5.32. The number of nitrogens with one attached hydrogen (secondary N) is 3. The molecule has 14 heavy (non-hydrogen) atoms. The van der Waals surface area contributed by atoms with Gasteiger partial charge in [-0.25, -0.2) is 0 Å². The first-order valence-corrected chi connectivity index (χ1v) is 4.94. The van der Waals surface area contributed by atoms with Crippen molar-refractivity contribution in [3.05, 3.63) is 0 Å². The summed E-state index contributed by atoms with van der Waals surface area (Å²) in [4.78, 5) is 0. The Morgan fingerprint density at radius 1 is 0.571 bits per heavy atom. The molecule has 0 unspecified atom stereocenters. The zero-order valence-electron chi connectivity index (χ0n) is 8.63. The Hall–Kier alpha value is 0.294. The predicted octanol–water partition coefficient (Wildman–Crippen LogP) is -2.33. The Labute approximate surface area is 96.7 Å². The second-order valence-electron chi connectivity index (χ2n) is 2.83. The molecule has 7 N–H and O–H groups in total. The Bertz CT molecular complexity index is 83.8. The van der Waals surface area contributed by atoms with Crippen molar-refractivity contribution in [1.29, 1.82) is 0 Å². The molecule has 0 aliphatic rings. The molecule has 0 atom stereocenters. The summed E-state index contributed by atoms with van der Waals surface area (Å²) in [6.45, 7) is 7.15. The third kappa shape index (κ3) is 14.8. The number of rotatable bonds is 10. The van der Waals surface area contributed by atoms with Crippen molar-refractivity contribution in [3.8, 4) is 0 Å². The van der Waals surface area contributed by atoms with Crippen LogP contribution in [0.3, 0.4) is 0 Å². The molecule has 90 valence electrons. The van der Waals surface area contributed by atoms with E-state index in [0.717, 1.165) is 39.3 Å². The molecular formula is C8H23N5Ni. The second kappa shape index (κ2) is 15.8. The van der Waals surface area contributed by atoms with Crippen molar-refractivity contribution in [2.45, 2.75) is 0 Å². The van der Waals surface area contributed by atoms with Gasteiger partial charge in [-0.2, -0.15) is 0 Å². The molecule has 0 spiro atoms. The fourth-order valence-corrected chi connectivity index (χ4v) is 0.933. The van der Waals surface area contributed by atoms with Gasteiger partial charge in [-0.15, -0.1) is 0 Å². The molecule has 0 aromatic carbocycles. The first kappa shape index (κ1) is 16.7. The van der Waals surface area contributed by atoms with Gasteiger partial charge in [-0.3, -0.25) is 0 Å². The van der Waals surface area contributed by atoms with Crippen LogP contribution in [0.15, 0.2) is 0 Å². The van der Waals surface area contributed by atoms with Crippen LogP contribution in [-0.4, -0.2) is 52.4 Å². The van der Waals surface area contributed by atoms with Gasteiger partial charge in [0.05, 0.1) is 0 Å². The Kier molecular flexibility index (Phi) is 18.8. The summed E-state index contributed by atoms with van der Waals surface area (Å²) in [6.07, 6.45) is 0. The molecule has 0 heterocycles. The maximum atomic E-state index is 5.32. The topological polar surface area (TPSA) is 88.1 Å². The number of nitrogens with two attached hydrogens (primary N) is 2. The van der Waals surface area contributed by atoms with Gasteiger partial charge in [-0.1, -0.05) is 0 Å². The van der Waals surface area contributed by atoms with E-state index in [1.165, 1.54) is 0 Å². The van der Waals surface area contributed by atoms with Crippen molar-refractivity contribution in [2.75, 3.05) is 52.4 Å². The van der Waals surface area contributed by atoms with Crippen LogP contribution in [0.1, 0.15) is 0 Å². The predicted molar refractivity (Wildman–Crippen MR) is 56.7 cm³/mol. The van der Waals surface area contributed by atoms with E-state index < -0.39 is 0 Å². The smallest absolute Gasteiger partial charge is 0.00772 e. The van der Waals surface area contributed by atoms with E-state index in [4.69, 9.17) is 11.5 Å². The maximum Gasteiger partial charge on any atom is 0.00772 e. The molecule has 0 aromatic heterocycles. The molecule has 0 aliphatic heterocycles. The summed E-state index contributed by atoms with van der Waals surface area (Å²) in [7, 11) is 0. The summed E-state index contributed by atoms with van der Waals surface area (Å²) >= 11 is 0. The molecule has 0 aromatic rings. The zero-order chi connectivity index (χ0) is 9.78. The van der Waals surface area contributed by atoms with Crippen LogP contribution in [0, 0.1) is 0 Å². The van der Waals surface area contributed by atoms with Gasteiger partial charge in [0.25, 0.3) is 0 Å². The monoisotopic (exact) mass is 247 g/mol. The quantitative estimate of drug-likeness (QED) is 0.221. The van der Waals surface area contributed by atoms with Crippen molar-refractivity contribution in [3.63, 3.8) is 0 Å². The minimum Gasteiger partial charge on any atom is -0.329 e. The van der Waals surface area contributed by atoms with E-state index >= 15 is 0 Å². The largest absolute Gasteiger partial charge is 0.329 e. The van der Waals surface area contributed by atoms with Gasteiger partial charge in [-0.05, 0) is 0 Å². The van der Waals surface area contributed by atoms with Gasteiger partial charge in [0, 0.05) is 68.8 Å². The summed E-state index contributed by atoms with van der Waals surface area (Å²) in [5.41, 5.74) is 10.6. The summed E-state index contributed by atoms with van der Waals surface area (Å²) in [5.74, 6) is 0. The van der Waals surface area contributed by atoms with Crippen molar-refractivity contribution in [2.24, 2.45) is 11.5 Å². The Morgan fingerprint density at radius 3 is 1.14 bits per heavy atom. The first-order valence-electron chi connectivity index (χ1n) is 4.94. The number of hydrogen-bond donors (Lipinski definition) is 5. The molecule has 0 bridgehead atoms. The van der Waals surface area contributed by atoms with E-state index in [-0.39, 0.29) is 16.5 Å². The van der Waals surface area contributed by atoms with Crippen LogP contribution in [0.4, 0.5) is 0 Å². The molecule has 0 rings (SSSR count). The van der Waals surface area contributed by atoms with Crippen molar-refractivity contribution < 1.29 is 16.5 Å². The number of hydrogen-bond acceptors (Lipinski definition) is 5.